The lowest BCUT2D eigenvalue weighted by Crippen LogP contribution is -2.41. The Balaban J connectivity index is 2.23. The fraction of sp³-hybridized carbons (Fsp3) is 0.588. The number of benzene rings is 1. The predicted octanol–water partition coefficient (Wildman–Crippen LogP) is 2.50. The van der Waals surface area contributed by atoms with E-state index in [2.05, 4.69) is 41.8 Å². The summed E-state index contributed by atoms with van der Waals surface area (Å²) in [6, 6.07) is 8.34. The van der Waals surface area contributed by atoms with Gasteiger partial charge in [-0.25, -0.2) is 4.79 Å². The van der Waals surface area contributed by atoms with Crippen LogP contribution in [0.15, 0.2) is 24.3 Å². The number of rotatable bonds is 8. The second-order valence-corrected chi connectivity index (χ2v) is 6.17. The van der Waals surface area contributed by atoms with Crippen LogP contribution >= 0.6 is 0 Å². The Hall–Kier alpha value is -1.55. The van der Waals surface area contributed by atoms with Crippen LogP contribution in [0.4, 0.5) is 4.79 Å². The van der Waals surface area contributed by atoms with Crippen molar-refractivity contribution in [3.63, 3.8) is 0 Å². The average Bonchev–Trinajstić information content (AvgIpc) is 2.46. The van der Waals surface area contributed by atoms with Crippen molar-refractivity contribution >= 4 is 6.03 Å². The number of urea groups is 1. The van der Waals surface area contributed by atoms with Gasteiger partial charge in [-0.05, 0) is 35.8 Å². The van der Waals surface area contributed by atoms with Crippen LogP contribution in [0.1, 0.15) is 38.3 Å². The molecule has 0 atom stereocenters. The third-order valence-corrected chi connectivity index (χ3v) is 3.65. The number of hydrogen-bond acceptors (Lipinski definition) is 2. The van der Waals surface area contributed by atoms with Gasteiger partial charge in [-0.15, -0.1) is 0 Å². The van der Waals surface area contributed by atoms with Crippen LogP contribution in [0.25, 0.3) is 0 Å². The summed E-state index contributed by atoms with van der Waals surface area (Å²) in [6.07, 6.45) is 2.55. The van der Waals surface area contributed by atoms with Gasteiger partial charge in [-0.3, -0.25) is 0 Å². The molecule has 1 aromatic rings. The lowest BCUT2D eigenvalue weighted by atomic mass is 9.90. The highest BCUT2D eigenvalue weighted by atomic mass is 16.3. The Morgan fingerprint density at radius 3 is 2.33 bits per heavy atom. The Morgan fingerprint density at radius 2 is 1.76 bits per heavy atom. The molecule has 118 valence electrons. The lowest BCUT2D eigenvalue weighted by Gasteiger charge is -2.23. The summed E-state index contributed by atoms with van der Waals surface area (Å²) >= 11 is 0. The van der Waals surface area contributed by atoms with E-state index in [-0.39, 0.29) is 18.1 Å². The highest BCUT2D eigenvalue weighted by Crippen LogP contribution is 2.17. The van der Waals surface area contributed by atoms with Crippen molar-refractivity contribution in [3.8, 4) is 0 Å². The van der Waals surface area contributed by atoms with Crippen molar-refractivity contribution in [2.45, 2.75) is 40.0 Å². The largest absolute Gasteiger partial charge is 0.396 e. The van der Waals surface area contributed by atoms with Gasteiger partial charge >= 0.3 is 6.03 Å². The number of aryl methyl sites for hydroxylation is 1. The number of aliphatic hydroxyl groups is 1. The van der Waals surface area contributed by atoms with E-state index in [9.17, 15) is 4.79 Å². The standard InChI is InChI=1S/C17H28N2O2/c1-4-14-5-7-15(8-6-14)9-11-18-16(21)19-13-17(2,3)10-12-20/h5-8,20H,4,9-13H2,1-3H3,(H2,18,19,21). The zero-order valence-corrected chi connectivity index (χ0v) is 13.4. The van der Waals surface area contributed by atoms with Crippen molar-refractivity contribution in [1.82, 2.24) is 10.6 Å². The van der Waals surface area contributed by atoms with Gasteiger partial charge in [0.1, 0.15) is 0 Å². The molecule has 0 saturated heterocycles. The SMILES string of the molecule is CCc1ccc(CCNC(=O)NCC(C)(C)CCO)cc1. The number of carbonyl (C=O) groups excluding carboxylic acids is 1. The number of hydrogen-bond donors (Lipinski definition) is 3. The molecule has 0 aromatic heterocycles. The van der Waals surface area contributed by atoms with E-state index < -0.39 is 0 Å². The summed E-state index contributed by atoms with van der Waals surface area (Å²) in [6.45, 7) is 7.52. The van der Waals surface area contributed by atoms with E-state index in [1.807, 2.05) is 13.8 Å². The highest BCUT2D eigenvalue weighted by molar-refractivity contribution is 5.73. The minimum absolute atomic E-state index is 0.0813. The summed E-state index contributed by atoms with van der Waals surface area (Å²) in [4.78, 5) is 11.7. The molecule has 1 rings (SSSR count). The van der Waals surface area contributed by atoms with Crippen LogP contribution in [0.3, 0.4) is 0 Å². The number of carbonyl (C=O) groups is 1. The second-order valence-electron chi connectivity index (χ2n) is 6.17. The second kappa shape index (κ2) is 8.67. The molecule has 0 unspecified atom stereocenters. The van der Waals surface area contributed by atoms with E-state index in [0.29, 0.717) is 19.5 Å². The van der Waals surface area contributed by atoms with Crippen LogP contribution in [-0.2, 0) is 12.8 Å². The van der Waals surface area contributed by atoms with Crippen LogP contribution in [0.5, 0.6) is 0 Å². The Bertz CT molecular complexity index is 427. The first-order valence-electron chi connectivity index (χ1n) is 7.67. The molecule has 4 nitrogen and oxygen atoms in total. The highest BCUT2D eigenvalue weighted by Gasteiger charge is 2.17. The molecule has 1 aromatic carbocycles. The smallest absolute Gasteiger partial charge is 0.314 e. The van der Waals surface area contributed by atoms with Gasteiger partial charge in [-0.2, -0.15) is 0 Å². The summed E-state index contributed by atoms with van der Waals surface area (Å²) in [5.41, 5.74) is 2.48. The Kier molecular flexibility index (Phi) is 7.23. The summed E-state index contributed by atoms with van der Waals surface area (Å²) in [7, 11) is 0. The van der Waals surface area contributed by atoms with Crippen LogP contribution in [0.2, 0.25) is 0 Å². The molecule has 0 spiro atoms. The summed E-state index contributed by atoms with van der Waals surface area (Å²) in [5.74, 6) is 0. The Morgan fingerprint density at radius 1 is 1.14 bits per heavy atom. The molecule has 0 bridgehead atoms. The van der Waals surface area contributed by atoms with Crippen molar-refractivity contribution in [2.24, 2.45) is 5.41 Å². The van der Waals surface area contributed by atoms with Gasteiger partial charge in [0.05, 0.1) is 0 Å². The van der Waals surface area contributed by atoms with Gasteiger partial charge in [0.25, 0.3) is 0 Å². The van der Waals surface area contributed by atoms with E-state index >= 15 is 0 Å². The fourth-order valence-corrected chi connectivity index (χ4v) is 2.04. The molecule has 0 heterocycles. The van der Waals surface area contributed by atoms with Gasteiger partial charge in [0.2, 0.25) is 0 Å². The third kappa shape index (κ3) is 7.14. The quantitative estimate of drug-likeness (QED) is 0.689. The maximum atomic E-state index is 11.7. The van der Waals surface area contributed by atoms with Crippen LogP contribution in [-0.4, -0.2) is 30.8 Å². The summed E-state index contributed by atoms with van der Waals surface area (Å²) < 4.78 is 0. The van der Waals surface area contributed by atoms with Crippen molar-refractivity contribution in [1.29, 1.82) is 0 Å². The Labute approximate surface area is 128 Å². The lowest BCUT2D eigenvalue weighted by molar-refractivity contribution is 0.201. The molecule has 0 aliphatic carbocycles. The number of amides is 2. The van der Waals surface area contributed by atoms with Gasteiger partial charge in [0.15, 0.2) is 0 Å². The van der Waals surface area contributed by atoms with Crippen molar-refractivity contribution in [2.75, 3.05) is 19.7 Å². The summed E-state index contributed by atoms with van der Waals surface area (Å²) in [5, 5.41) is 14.7. The molecule has 0 aliphatic rings. The molecule has 0 fully saturated rings. The van der Waals surface area contributed by atoms with Crippen LogP contribution in [0, 0.1) is 5.41 Å². The molecule has 21 heavy (non-hydrogen) atoms. The maximum Gasteiger partial charge on any atom is 0.314 e. The van der Waals surface area contributed by atoms with Crippen molar-refractivity contribution in [3.05, 3.63) is 35.4 Å². The van der Waals surface area contributed by atoms with E-state index in [1.165, 1.54) is 11.1 Å². The van der Waals surface area contributed by atoms with Gasteiger partial charge < -0.3 is 15.7 Å². The molecular formula is C17H28N2O2. The van der Waals surface area contributed by atoms with E-state index in [1.54, 1.807) is 0 Å². The molecule has 0 aliphatic heterocycles. The molecule has 3 N–H and O–H groups in total. The first-order chi connectivity index (χ1) is 9.96. The van der Waals surface area contributed by atoms with Gasteiger partial charge in [0, 0.05) is 19.7 Å². The zero-order chi connectivity index (χ0) is 15.7. The maximum absolute atomic E-state index is 11.7. The first-order valence-corrected chi connectivity index (χ1v) is 7.67. The minimum atomic E-state index is -0.147. The topological polar surface area (TPSA) is 61.4 Å². The average molecular weight is 292 g/mol. The first kappa shape index (κ1) is 17.5. The van der Waals surface area contributed by atoms with E-state index in [0.717, 1.165) is 12.8 Å². The molecular weight excluding hydrogens is 264 g/mol. The fourth-order valence-electron chi connectivity index (χ4n) is 2.04. The van der Waals surface area contributed by atoms with Gasteiger partial charge in [-0.1, -0.05) is 45.0 Å². The predicted molar refractivity (Wildman–Crippen MR) is 86.4 cm³/mol. The molecule has 2 amide bonds. The van der Waals surface area contributed by atoms with Crippen molar-refractivity contribution < 1.29 is 9.90 Å². The molecule has 0 saturated carbocycles. The number of nitrogens with one attached hydrogen (secondary N) is 2. The normalized spacial score (nSPS) is 11.2. The van der Waals surface area contributed by atoms with E-state index in [4.69, 9.17) is 5.11 Å². The molecule has 4 heteroatoms. The molecule has 0 radical (unpaired) electrons. The number of aliphatic hydroxyl groups excluding tert-OH is 1. The zero-order valence-electron chi connectivity index (χ0n) is 13.4. The van der Waals surface area contributed by atoms with Crippen LogP contribution < -0.4 is 10.6 Å². The monoisotopic (exact) mass is 292 g/mol. The minimum Gasteiger partial charge on any atom is -0.396 e. The third-order valence-electron chi connectivity index (χ3n) is 3.65.